The smallest absolute Gasteiger partial charge is 0.0399 e. The molecule has 6 rings (SSSR count). The minimum absolute atomic E-state index is 0.0127. The van der Waals surface area contributed by atoms with Gasteiger partial charge in [-0.3, -0.25) is 0 Å². The summed E-state index contributed by atoms with van der Waals surface area (Å²) in [6.07, 6.45) is 6.94. The summed E-state index contributed by atoms with van der Waals surface area (Å²) >= 11 is 0. The first kappa shape index (κ1) is 19.6. The molecule has 1 N–H and O–H groups in total. The Morgan fingerprint density at radius 2 is 1.34 bits per heavy atom. The second-order valence-electron chi connectivity index (χ2n) is 11.0. The van der Waals surface area contributed by atoms with E-state index in [2.05, 4.69) is 125 Å². The molecule has 0 bridgehead atoms. The number of fused-ring (bicyclic) bond motifs is 6. The Morgan fingerprint density at radius 3 is 2.12 bits per heavy atom. The van der Waals surface area contributed by atoms with Crippen LogP contribution >= 0.6 is 0 Å². The predicted octanol–water partition coefficient (Wildman–Crippen LogP) is 7.72. The summed E-state index contributed by atoms with van der Waals surface area (Å²) in [5.41, 5.74) is 11.0. The van der Waals surface area contributed by atoms with Gasteiger partial charge < -0.3 is 5.32 Å². The second kappa shape index (κ2) is 6.25. The summed E-state index contributed by atoms with van der Waals surface area (Å²) in [6, 6.07) is 24.8. The Balaban J connectivity index is 1.43. The standard InChI is InChI=1S/C31H31N/c1-29(2)23-12-7-6-11-21(23)22-18-17-20(19-26(22)29)32-28-16-10-15-27-30(3,4)24-13-8-9-14-25(24)31(27,28)5/h6-19,27,32H,1-5H3. The van der Waals surface area contributed by atoms with Crippen LogP contribution in [0.3, 0.4) is 0 Å². The number of nitrogens with one attached hydrogen (secondary N) is 1. The average molecular weight is 418 g/mol. The van der Waals surface area contributed by atoms with Crippen molar-refractivity contribution in [3.05, 3.63) is 113 Å². The summed E-state index contributed by atoms with van der Waals surface area (Å²) in [7, 11) is 0. The quantitative estimate of drug-likeness (QED) is 0.450. The van der Waals surface area contributed by atoms with E-state index in [0.29, 0.717) is 5.92 Å². The van der Waals surface area contributed by atoms with E-state index in [0.717, 1.165) is 0 Å². The van der Waals surface area contributed by atoms with Gasteiger partial charge in [0.15, 0.2) is 0 Å². The van der Waals surface area contributed by atoms with Crippen LogP contribution in [0.4, 0.5) is 5.69 Å². The summed E-state index contributed by atoms with van der Waals surface area (Å²) in [6.45, 7) is 11.9. The molecule has 0 fully saturated rings. The Labute approximate surface area is 191 Å². The molecular formula is C31H31N. The van der Waals surface area contributed by atoms with Gasteiger partial charge in [0.2, 0.25) is 0 Å². The number of allylic oxidation sites excluding steroid dienone is 4. The molecule has 0 heterocycles. The highest BCUT2D eigenvalue weighted by molar-refractivity contribution is 5.82. The third-order valence-corrected chi connectivity index (χ3v) is 8.57. The van der Waals surface area contributed by atoms with Crippen molar-refractivity contribution in [1.29, 1.82) is 0 Å². The molecule has 0 saturated carbocycles. The van der Waals surface area contributed by atoms with Crippen molar-refractivity contribution in [3.63, 3.8) is 0 Å². The first-order valence-corrected chi connectivity index (χ1v) is 11.8. The van der Waals surface area contributed by atoms with E-state index in [9.17, 15) is 0 Å². The maximum atomic E-state index is 3.88. The molecule has 2 unspecified atom stereocenters. The SMILES string of the molecule is CC1(C)c2ccccc2-c2ccc(NC3=CC=CC4C(C)(C)c5ccccc5C34C)cc21. The van der Waals surface area contributed by atoms with Crippen LogP contribution < -0.4 is 5.32 Å². The van der Waals surface area contributed by atoms with Gasteiger partial charge in [0.25, 0.3) is 0 Å². The van der Waals surface area contributed by atoms with Crippen molar-refractivity contribution in [2.45, 2.75) is 50.9 Å². The number of benzene rings is 3. The van der Waals surface area contributed by atoms with E-state index in [1.807, 2.05) is 0 Å². The van der Waals surface area contributed by atoms with Crippen LogP contribution in [0.15, 0.2) is 90.7 Å². The zero-order chi connectivity index (χ0) is 22.3. The van der Waals surface area contributed by atoms with Crippen LogP contribution in [0, 0.1) is 5.92 Å². The zero-order valence-electron chi connectivity index (χ0n) is 19.7. The maximum absolute atomic E-state index is 3.88. The summed E-state index contributed by atoms with van der Waals surface area (Å²) in [4.78, 5) is 0. The minimum Gasteiger partial charge on any atom is -0.358 e. The fourth-order valence-corrected chi connectivity index (χ4v) is 6.85. The van der Waals surface area contributed by atoms with Crippen LogP contribution in [0.1, 0.15) is 56.9 Å². The lowest BCUT2D eigenvalue weighted by atomic mass is 9.65. The molecule has 0 amide bonds. The summed E-state index contributed by atoms with van der Waals surface area (Å²) in [5.74, 6) is 0.426. The lowest BCUT2D eigenvalue weighted by Gasteiger charge is -2.40. The molecule has 3 aliphatic rings. The monoisotopic (exact) mass is 417 g/mol. The highest BCUT2D eigenvalue weighted by Crippen LogP contribution is 2.59. The minimum atomic E-state index is -0.0632. The summed E-state index contributed by atoms with van der Waals surface area (Å²) < 4.78 is 0. The number of hydrogen-bond donors (Lipinski definition) is 1. The Bertz CT molecular complexity index is 1320. The fourth-order valence-electron chi connectivity index (χ4n) is 6.85. The fraction of sp³-hybridized carbons (Fsp3) is 0.290. The molecule has 3 aromatic carbocycles. The van der Waals surface area contributed by atoms with Gasteiger partial charge >= 0.3 is 0 Å². The molecule has 1 nitrogen and oxygen atoms in total. The van der Waals surface area contributed by atoms with Gasteiger partial charge in [0.05, 0.1) is 0 Å². The molecule has 0 aromatic heterocycles. The third kappa shape index (κ3) is 2.34. The van der Waals surface area contributed by atoms with E-state index in [4.69, 9.17) is 0 Å². The highest BCUT2D eigenvalue weighted by atomic mass is 14.9. The molecule has 0 aliphatic heterocycles. The largest absolute Gasteiger partial charge is 0.358 e. The maximum Gasteiger partial charge on any atom is 0.0399 e. The van der Waals surface area contributed by atoms with Crippen LogP contribution in [0.2, 0.25) is 0 Å². The normalized spacial score (nSPS) is 25.4. The van der Waals surface area contributed by atoms with E-state index in [1.54, 1.807) is 0 Å². The highest BCUT2D eigenvalue weighted by Gasteiger charge is 2.54. The van der Waals surface area contributed by atoms with Gasteiger partial charge in [-0.2, -0.15) is 0 Å². The molecule has 3 aromatic rings. The van der Waals surface area contributed by atoms with Crippen molar-refractivity contribution in [2.24, 2.45) is 5.92 Å². The van der Waals surface area contributed by atoms with E-state index >= 15 is 0 Å². The van der Waals surface area contributed by atoms with E-state index in [1.165, 1.54) is 44.8 Å². The molecule has 32 heavy (non-hydrogen) atoms. The lowest BCUT2D eigenvalue weighted by molar-refractivity contribution is 0.312. The first-order valence-electron chi connectivity index (χ1n) is 11.8. The molecule has 0 spiro atoms. The van der Waals surface area contributed by atoms with Gasteiger partial charge in [-0.05, 0) is 63.9 Å². The molecule has 1 heteroatoms. The van der Waals surface area contributed by atoms with E-state index in [-0.39, 0.29) is 16.2 Å². The van der Waals surface area contributed by atoms with Crippen molar-refractivity contribution in [3.8, 4) is 11.1 Å². The van der Waals surface area contributed by atoms with Crippen molar-refractivity contribution in [1.82, 2.24) is 0 Å². The second-order valence-corrected chi connectivity index (χ2v) is 11.0. The Hall–Kier alpha value is -3.06. The van der Waals surface area contributed by atoms with Gasteiger partial charge in [0.1, 0.15) is 0 Å². The van der Waals surface area contributed by atoms with Crippen LogP contribution in [0.25, 0.3) is 11.1 Å². The lowest BCUT2D eigenvalue weighted by Crippen LogP contribution is -2.39. The van der Waals surface area contributed by atoms with Gasteiger partial charge in [0, 0.05) is 28.1 Å². The summed E-state index contributed by atoms with van der Waals surface area (Å²) in [5, 5.41) is 3.88. The molecule has 3 aliphatic carbocycles. The molecule has 0 radical (unpaired) electrons. The number of hydrogen-bond acceptors (Lipinski definition) is 1. The van der Waals surface area contributed by atoms with Gasteiger partial charge in [-0.15, -0.1) is 0 Å². The van der Waals surface area contributed by atoms with Crippen molar-refractivity contribution in [2.75, 3.05) is 5.32 Å². The number of anilines is 1. The molecular weight excluding hydrogens is 386 g/mol. The number of rotatable bonds is 2. The van der Waals surface area contributed by atoms with Crippen LogP contribution in [-0.2, 0) is 16.2 Å². The average Bonchev–Trinajstić information content (AvgIpc) is 3.12. The van der Waals surface area contributed by atoms with Crippen molar-refractivity contribution < 1.29 is 0 Å². The van der Waals surface area contributed by atoms with Crippen LogP contribution in [-0.4, -0.2) is 0 Å². The van der Waals surface area contributed by atoms with Crippen molar-refractivity contribution >= 4 is 5.69 Å². The predicted molar refractivity (Wildman–Crippen MR) is 135 cm³/mol. The van der Waals surface area contributed by atoms with E-state index < -0.39 is 0 Å². The van der Waals surface area contributed by atoms with Crippen LogP contribution in [0.5, 0.6) is 0 Å². The zero-order valence-corrected chi connectivity index (χ0v) is 19.7. The molecule has 2 atom stereocenters. The van der Waals surface area contributed by atoms with Gasteiger partial charge in [-0.1, -0.05) is 94.4 Å². The molecule has 0 saturated heterocycles. The first-order chi connectivity index (χ1) is 15.3. The Kier molecular flexibility index (Phi) is 3.83. The Morgan fingerprint density at radius 1 is 0.688 bits per heavy atom. The van der Waals surface area contributed by atoms with Gasteiger partial charge in [-0.25, -0.2) is 0 Å². The topological polar surface area (TPSA) is 12.0 Å². The third-order valence-electron chi connectivity index (χ3n) is 8.57. The molecule has 160 valence electrons.